The van der Waals surface area contributed by atoms with Gasteiger partial charge in [0, 0.05) is 0 Å². The van der Waals surface area contributed by atoms with Crippen molar-refractivity contribution in [3.05, 3.63) is 59.7 Å². The average Bonchev–Trinajstić information content (AvgIpc) is 2.93. The van der Waals surface area contributed by atoms with E-state index in [0.717, 1.165) is 11.3 Å². The summed E-state index contributed by atoms with van der Waals surface area (Å²) in [5, 5.41) is 0. The summed E-state index contributed by atoms with van der Waals surface area (Å²) in [7, 11) is 0. The number of fused-ring (bicyclic) bond motifs is 1. The molecule has 2 aromatic rings. The van der Waals surface area contributed by atoms with E-state index in [-0.39, 0.29) is 11.8 Å². The number of imide groups is 1. The Balaban J connectivity index is 1.64. The number of hydrogen-bond donors (Lipinski definition) is 0. The van der Waals surface area contributed by atoms with Gasteiger partial charge < -0.3 is 9.47 Å². The highest BCUT2D eigenvalue weighted by Crippen LogP contribution is 2.29. The molecule has 0 spiro atoms. The first kappa shape index (κ1) is 19.6. The van der Waals surface area contributed by atoms with E-state index in [0.29, 0.717) is 35.1 Å². The number of esters is 1. The van der Waals surface area contributed by atoms with Gasteiger partial charge in [0.2, 0.25) is 0 Å². The summed E-state index contributed by atoms with van der Waals surface area (Å²) in [5.74, 6) is -0.217. The van der Waals surface area contributed by atoms with Gasteiger partial charge in [-0.05, 0) is 55.7 Å². The van der Waals surface area contributed by atoms with Gasteiger partial charge >= 0.3 is 5.97 Å². The van der Waals surface area contributed by atoms with Crippen molar-refractivity contribution in [2.45, 2.75) is 33.3 Å². The second kappa shape index (κ2) is 8.25. The number of carbonyl (C=O) groups excluding carboxylic acids is 3. The van der Waals surface area contributed by atoms with Gasteiger partial charge in [-0.2, -0.15) is 0 Å². The molecule has 0 saturated heterocycles. The number of rotatable bonds is 7. The highest BCUT2D eigenvalue weighted by atomic mass is 16.6. The normalized spacial score (nSPS) is 14.2. The van der Waals surface area contributed by atoms with Crippen molar-refractivity contribution in [1.29, 1.82) is 0 Å². The van der Waals surface area contributed by atoms with Crippen LogP contribution >= 0.6 is 0 Å². The third-order valence-corrected chi connectivity index (χ3v) is 4.47. The number of nitrogens with zero attached hydrogens (tertiary/aromatic N) is 1. The van der Waals surface area contributed by atoms with Crippen molar-refractivity contribution in [3.8, 4) is 5.75 Å². The Hall–Kier alpha value is -3.15. The van der Waals surface area contributed by atoms with Crippen LogP contribution in [0.25, 0.3) is 0 Å². The SMILES string of the molecule is CC(C)CCOC(=O)[C@@H](C)Oc1ccc(N2C(=O)c3ccccc3C2=O)cc1. The Kier molecular flexibility index (Phi) is 5.78. The van der Waals surface area contributed by atoms with Crippen LogP contribution in [0.4, 0.5) is 5.69 Å². The van der Waals surface area contributed by atoms with Crippen molar-refractivity contribution in [1.82, 2.24) is 0 Å². The van der Waals surface area contributed by atoms with Gasteiger partial charge in [-0.15, -0.1) is 0 Å². The number of hydrogen-bond acceptors (Lipinski definition) is 5. The third kappa shape index (κ3) is 4.06. The number of anilines is 1. The molecule has 0 bridgehead atoms. The third-order valence-electron chi connectivity index (χ3n) is 4.47. The Bertz CT molecular complexity index is 853. The molecule has 0 unspecified atom stereocenters. The Morgan fingerprint density at radius 3 is 2.04 bits per heavy atom. The van der Waals surface area contributed by atoms with E-state index >= 15 is 0 Å². The predicted molar refractivity (Wildman–Crippen MR) is 105 cm³/mol. The van der Waals surface area contributed by atoms with E-state index in [1.165, 1.54) is 0 Å². The second-order valence-electron chi connectivity index (χ2n) is 7.10. The van der Waals surface area contributed by atoms with Gasteiger partial charge in [-0.1, -0.05) is 26.0 Å². The van der Waals surface area contributed by atoms with Crippen LogP contribution in [-0.2, 0) is 9.53 Å². The summed E-state index contributed by atoms with van der Waals surface area (Å²) < 4.78 is 10.8. The molecule has 1 heterocycles. The molecule has 28 heavy (non-hydrogen) atoms. The maximum atomic E-state index is 12.5. The average molecular weight is 381 g/mol. The van der Waals surface area contributed by atoms with Crippen molar-refractivity contribution < 1.29 is 23.9 Å². The molecule has 0 aliphatic carbocycles. The fourth-order valence-electron chi connectivity index (χ4n) is 2.86. The minimum Gasteiger partial charge on any atom is -0.479 e. The number of amides is 2. The zero-order valence-electron chi connectivity index (χ0n) is 16.2. The maximum absolute atomic E-state index is 12.5. The first-order valence-electron chi connectivity index (χ1n) is 9.29. The fraction of sp³-hybridized carbons (Fsp3) is 0.318. The first-order valence-corrected chi connectivity index (χ1v) is 9.29. The zero-order valence-corrected chi connectivity index (χ0v) is 16.2. The van der Waals surface area contributed by atoms with Gasteiger partial charge in [0.05, 0.1) is 23.4 Å². The van der Waals surface area contributed by atoms with Crippen molar-refractivity contribution >= 4 is 23.5 Å². The summed E-state index contributed by atoms with van der Waals surface area (Å²) in [4.78, 5) is 38.1. The minimum atomic E-state index is -0.752. The Morgan fingerprint density at radius 1 is 0.929 bits per heavy atom. The van der Waals surface area contributed by atoms with Gasteiger partial charge in [-0.3, -0.25) is 9.59 Å². The maximum Gasteiger partial charge on any atom is 0.347 e. The fourth-order valence-corrected chi connectivity index (χ4v) is 2.86. The second-order valence-corrected chi connectivity index (χ2v) is 7.10. The summed E-state index contributed by atoms with van der Waals surface area (Å²) in [5.41, 5.74) is 1.24. The number of ether oxygens (including phenoxy) is 2. The molecule has 146 valence electrons. The lowest BCUT2D eigenvalue weighted by atomic mass is 10.1. The molecule has 1 atom stereocenters. The minimum absolute atomic E-state index is 0.351. The van der Waals surface area contributed by atoms with Crippen LogP contribution in [0.5, 0.6) is 5.75 Å². The van der Waals surface area contributed by atoms with E-state index in [1.54, 1.807) is 55.5 Å². The van der Waals surface area contributed by atoms with Crippen LogP contribution in [0.1, 0.15) is 47.9 Å². The molecule has 0 radical (unpaired) electrons. The molecule has 1 aliphatic heterocycles. The summed E-state index contributed by atoms with van der Waals surface area (Å²) in [6.45, 7) is 6.10. The van der Waals surface area contributed by atoms with Gasteiger partial charge in [0.1, 0.15) is 5.75 Å². The van der Waals surface area contributed by atoms with Crippen molar-refractivity contribution in [2.24, 2.45) is 5.92 Å². The van der Waals surface area contributed by atoms with E-state index in [1.807, 2.05) is 0 Å². The van der Waals surface area contributed by atoms with E-state index in [4.69, 9.17) is 9.47 Å². The van der Waals surface area contributed by atoms with Crippen LogP contribution in [0, 0.1) is 5.92 Å². The summed E-state index contributed by atoms with van der Waals surface area (Å²) in [6.07, 6.45) is 0.0466. The molecule has 6 heteroatoms. The molecule has 0 saturated carbocycles. The largest absolute Gasteiger partial charge is 0.479 e. The molecule has 2 amide bonds. The van der Waals surface area contributed by atoms with Crippen LogP contribution < -0.4 is 9.64 Å². The molecular weight excluding hydrogens is 358 g/mol. The van der Waals surface area contributed by atoms with E-state index in [2.05, 4.69) is 13.8 Å². The van der Waals surface area contributed by atoms with Gasteiger partial charge in [-0.25, -0.2) is 9.69 Å². The molecule has 0 aromatic heterocycles. The van der Waals surface area contributed by atoms with Crippen LogP contribution in [-0.4, -0.2) is 30.5 Å². The number of benzene rings is 2. The molecule has 6 nitrogen and oxygen atoms in total. The highest BCUT2D eigenvalue weighted by Gasteiger charge is 2.36. The topological polar surface area (TPSA) is 72.9 Å². The Labute approximate surface area is 164 Å². The van der Waals surface area contributed by atoms with Crippen LogP contribution in [0.2, 0.25) is 0 Å². The first-order chi connectivity index (χ1) is 13.4. The van der Waals surface area contributed by atoms with E-state index in [9.17, 15) is 14.4 Å². The van der Waals surface area contributed by atoms with Crippen molar-refractivity contribution in [2.75, 3.05) is 11.5 Å². The lowest BCUT2D eigenvalue weighted by molar-refractivity contribution is -0.151. The highest BCUT2D eigenvalue weighted by molar-refractivity contribution is 6.34. The molecule has 0 fully saturated rings. The standard InChI is InChI=1S/C22H23NO5/c1-14(2)12-13-27-22(26)15(3)28-17-10-8-16(9-11-17)23-20(24)18-6-4-5-7-19(18)21(23)25/h4-11,14-15H,12-13H2,1-3H3/t15-/m1/s1. The number of carbonyl (C=O) groups is 3. The van der Waals surface area contributed by atoms with Crippen molar-refractivity contribution in [3.63, 3.8) is 0 Å². The molecule has 0 N–H and O–H groups in total. The monoisotopic (exact) mass is 381 g/mol. The Morgan fingerprint density at radius 2 is 1.50 bits per heavy atom. The molecule has 1 aliphatic rings. The lowest BCUT2D eigenvalue weighted by Crippen LogP contribution is -2.29. The molecule has 2 aromatic carbocycles. The molecule has 3 rings (SSSR count). The van der Waals surface area contributed by atoms with E-state index < -0.39 is 12.1 Å². The van der Waals surface area contributed by atoms with Crippen LogP contribution in [0.3, 0.4) is 0 Å². The zero-order chi connectivity index (χ0) is 20.3. The quantitative estimate of drug-likeness (QED) is 0.538. The van der Waals surface area contributed by atoms with Crippen LogP contribution in [0.15, 0.2) is 48.5 Å². The predicted octanol–water partition coefficient (Wildman–Crippen LogP) is 3.84. The van der Waals surface area contributed by atoms with Gasteiger partial charge in [0.25, 0.3) is 11.8 Å². The summed E-state index contributed by atoms with van der Waals surface area (Å²) >= 11 is 0. The smallest absolute Gasteiger partial charge is 0.347 e. The summed E-state index contributed by atoms with van der Waals surface area (Å²) in [6, 6.07) is 13.2. The molecular formula is C22H23NO5. The lowest BCUT2D eigenvalue weighted by Gasteiger charge is -2.17. The van der Waals surface area contributed by atoms with Gasteiger partial charge in [0.15, 0.2) is 6.10 Å².